The summed E-state index contributed by atoms with van der Waals surface area (Å²) in [6, 6.07) is 2.94. The molecule has 2 rings (SSSR count). The minimum atomic E-state index is -4.49. The fourth-order valence-electron chi connectivity index (χ4n) is 2.35. The molecule has 120 valence electrons. The molecule has 1 aliphatic heterocycles. The van der Waals surface area contributed by atoms with Gasteiger partial charge in [-0.2, -0.15) is 13.2 Å². The number of carboxylic acid groups (broad SMARTS) is 1. The van der Waals surface area contributed by atoms with Gasteiger partial charge in [0.1, 0.15) is 0 Å². The van der Waals surface area contributed by atoms with Crippen molar-refractivity contribution in [2.45, 2.75) is 19.5 Å². The van der Waals surface area contributed by atoms with Crippen molar-refractivity contribution >= 4 is 17.7 Å². The molecule has 2 N–H and O–H groups in total. The second-order valence-electron chi connectivity index (χ2n) is 5.23. The third-order valence-electron chi connectivity index (χ3n) is 3.62. The number of urea groups is 1. The van der Waals surface area contributed by atoms with E-state index in [1.165, 1.54) is 24.0 Å². The predicted molar refractivity (Wildman–Crippen MR) is 72.5 cm³/mol. The van der Waals surface area contributed by atoms with Crippen LogP contribution in [0, 0.1) is 12.8 Å². The maximum Gasteiger partial charge on any atom is 0.416 e. The first kappa shape index (κ1) is 16.1. The molecule has 1 saturated heterocycles. The van der Waals surface area contributed by atoms with Crippen LogP contribution >= 0.6 is 0 Å². The van der Waals surface area contributed by atoms with Gasteiger partial charge in [0.25, 0.3) is 0 Å². The zero-order valence-electron chi connectivity index (χ0n) is 11.8. The molecule has 1 heterocycles. The van der Waals surface area contributed by atoms with Gasteiger partial charge in [0.15, 0.2) is 0 Å². The Labute approximate surface area is 124 Å². The average molecular weight is 316 g/mol. The lowest BCUT2D eigenvalue weighted by Gasteiger charge is -2.18. The molecule has 1 unspecified atom stereocenters. The maximum atomic E-state index is 12.8. The monoisotopic (exact) mass is 316 g/mol. The largest absolute Gasteiger partial charge is 0.481 e. The van der Waals surface area contributed by atoms with Gasteiger partial charge >= 0.3 is 18.2 Å². The number of alkyl halides is 3. The van der Waals surface area contributed by atoms with Crippen LogP contribution < -0.4 is 5.32 Å². The van der Waals surface area contributed by atoms with Gasteiger partial charge in [-0.15, -0.1) is 0 Å². The number of hydrogen-bond acceptors (Lipinski definition) is 2. The minimum Gasteiger partial charge on any atom is -0.481 e. The van der Waals surface area contributed by atoms with Gasteiger partial charge in [0.05, 0.1) is 11.5 Å². The summed E-state index contributed by atoms with van der Waals surface area (Å²) in [7, 11) is 0. The molecule has 22 heavy (non-hydrogen) atoms. The first-order valence-corrected chi connectivity index (χ1v) is 6.65. The van der Waals surface area contributed by atoms with Crippen molar-refractivity contribution in [2.24, 2.45) is 5.92 Å². The van der Waals surface area contributed by atoms with E-state index >= 15 is 0 Å². The van der Waals surface area contributed by atoms with E-state index in [0.717, 1.165) is 6.07 Å². The van der Waals surface area contributed by atoms with E-state index in [-0.39, 0.29) is 24.3 Å². The molecular formula is C14H15F3N2O3. The first-order valence-electron chi connectivity index (χ1n) is 6.65. The van der Waals surface area contributed by atoms with Crippen LogP contribution in [0.4, 0.5) is 23.7 Å². The molecule has 0 aliphatic carbocycles. The van der Waals surface area contributed by atoms with Gasteiger partial charge in [-0.05, 0) is 31.0 Å². The van der Waals surface area contributed by atoms with Crippen LogP contribution in [0.25, 0.3) is 0 Å². The van der Waals surface area contributed by atoms with Crippen LogP contribution in [0.5, 0.6) is 0 Å². The molecule has 0 aromatic heterocycles. The summed E-state index contributed by atoms with van der Waals surface area (Å²) in [5.74, 6) is -1.61. The van der Waals surface area contributed by atoms with Gasteiger partial charge in [-0.25, -0.2) is 4.79 Å². The van der Waals surface area contributed by atoms with E-state index in [4.69, 9.17) is 5.11 Å². The van der Waals surface area contributed by atoms with Gasteiger partial charge in [-0.1, -0.05) is 6.07 Å². The highest BCUT2D eigenvalue weighted by Crippen LogP contribution is 2.33. The number of carboxylic acids is 1. The van der Waals surface area contributed by atoms with Crippen molar-refractivity contribution < 1.29 is 27.9 Å². The van der Waals surface area contributed by atoms with E-state index in [1.54, 1.807) is 0 Å². The molecule has 5 nitrogen and oxygen atoms in total. The predicted octanol–water partition coefficient (Wildman–Crippen LogP) is 2.95. The Hall–Kier alpha value is -2.25. The number of anilines is 1. The topological polar surface area (TPSA) is 69.6 Å². The van der Waals surface area contributed by atoms with Crippen LogP contribution in [0.2, 0.25) is 0 Å². The van der Waals surface area contributed by atoms with Crippen LogP contribution in [-0.2, 0) is 11.0 Å². The van der Waals surface area contributed by atoms with Gasteiger partial charge < -0.3 is 15.3 Å². The number of nitrogens with zero attached hydrogens (tertiary/aromatic N) is 1. The highest BCUT2D eigenvalue weighted by Gasteiger charge is 2.33. The normalized spacial score (nSPS) is 18.4. The van der Waals surface area contributed by atoms with Crippen LogP contribution in [-0.4, -0.2) is 35.1 Å². The fraction of sp³-hybridized carbons (Fsp3) is 0.429. The standard InChI is InChI=1S/C14H15F3N2O3/c1-8-2-3-10(6-11(8)14(15,16)17)18-13(22)19-5-4-9(7-19)12(20)21/h2-3,6,9H,4-5,7H2,1H3,(H,18,22)(H,20,21). The summed E-state index contributed by atoms with van der Waals surface area (Å²) >= 11 is 0. The number of carbonyl (C=O) groups is 2. The van der Waals surface area contributed by atoms with Crippen molar-refractivity contribution in [2.75, 3.05) is 18.4 Å². The van der Waals surface area contributed by atoms with E-state index in [9.17, 15) is 22.8 Å². The average Bonchev–Trinajstić information content (AvgIpc) is 2.89. The Morgan fingerprint density at radius 2 is 2.05 bits per heavy atom. The fourth-order valence-corrected chi connectivity index (χ4v) is 2.35. The summed E-state index contributed by atoms with van der Waals surface area (Å²) in [5.41, 5.74) is -0.713. The number of amides is 2. The Balaban J connectivity index is 2.08. The third kappa shape index (κ3) is 3.49. The summed E-state index contributed by atoms with van der Waals surface area (Å²) < 4.78 is 38.5. The van der Waals surface area contributed by atoms with E-state index in [0.29, 0.717) is 6.42 Å². The molecule has 2 amide bonds. The second-order valence-corrected chi connectivity index (χ2v) is 5.23. The SMILES string of the molecule is Cc1ccc(NC(=O)N2CCC(C(=O)O)C2)cc1C(F)(F)F. The molecule has 1 aromatic carbocycles. The molecule has 0 spiro atoms. The van der Waals surface area contributed by atoms with Crippen LogP contribution in [0.1, 0.15) is 17.5 Å². The summed E-state index contributed by atoms with van der Waals surface area (Å²) in [6.07, 6.45) is -4.16. The highest BCUT2D eigenvalue weighted by atomic mass is 19.4. The summed E-state index contributed by atoms with van der Waals surface area (Å²) in [4.78, 5) is 24.1. The Morgan fingerprint density at radius 3 is 2.59 bits per heavy atom. The number of hydrogen-bond donors (Lipinski definition) is 2. The molecule has 0 saturated carbocycles. The number of carbonyl (C=O) groups excluding carboxylic acids is 1. The van der Waals surface area contributed by atoms with Gasteiger partial charge in [0, 0.05) is 18.8 Å². The smallest absolute Gasteiger partial charge is 0.416 e. The third-order valence-corrected chi connectivity index (χ3v) is 3.62. The molecule has 8 heteroatoms. The zero-order valence-corrected chi connectivity index (χ0v) is 11.8. The van der Waals surface area contributed by atoms with Crippen molar-refractivity contribution in [1.82, 2.24) is 4.90 Å². The Bertz CT molecular complexity index is 601. The van der Waals surface area contributed by atoms with Gasteiger partial charge in [-0.3, -0.25) is 4.79 Å². The second kappa shape index (κ2) is 5.86. The lowest BCUT2D eigenvalue weighted by Crippen LogP contribution is -2.33. The van der Waals surface area contributed by atoms with Crippen molar-refractivity contribution in [3.8, 4) is 0 Å². The minimum absolute atomic E-state index is 0.0294. The van der Waals surface area contributed by atoms with E-state index in [2.05, 4.69) is 5.32 Å². The van der Waals surface area contributed by atoms with E-state index < -0.39 is 29.7 Å². The number of likely N-dealkylation sites (tertiary alicyclic amines) is 1. The van der Waals surface area contributed by atoms with Crippen molar-refractivity contribution in [1.29, 1.82) is 0 Å². The van der Waals surface area contributed by atoms with E-state index in [1.807, 2.05) is 0 Å². The van der Waals surface area contributed by atoms with Crippen LogP contribution in [0.3, 0.4) is 0 Å². The van der Waals surface area contributed by atoms with Crippen LogP contribution in [0.15, 0.2) is 18.2 Å². The Morgan fingerprint density at radius 1 is 1.36 bits per heavy atom. The number of aryl methyl sites for hydroxylation is 1. The number of benzene rings is 1. The summed E-state index contributed by atoms with van der Waals surface area (Å²) in [5, 5.41) is 11.3. The lowest BCUT2D eigenvalue weighted by molar-refractivity contribution is -0.141. The first-order chi connectivity index (χ1) is 10.2. The highest BCUT2D eigenvalue weighted by molar-refractivity contribution is 5.90. The lowest BCUT2D eigenvalue weighted by atomic mass is 10.1. The molecule has 1 atom stereocenters. The number of rotatable bonds is 2. The Kier molecular flexibility index (Phi) is 4.30. The molecule has 0 bridgehead atoms. The maximum absolute atomic E-state index is 12.8. The van der Waals surface area contributed by atoms with Crippen molar-refractivity contribution in [3.05, 3.63) is 29.3 Å². The number of halogens is 3. The molecular weight excluding hydrogens is 301 g/mol. The zero-order chi connectivity index (χ0) is 16.5. The molecule has 0 radical (unpaired) electrons. The molecule has 1 fully saturated rings. The van der Waals surface area contributed by atoms with Crippen molar-refractivity contribution in [3.63, 3.8) is 0 Å². The quantitative estimate of drug-likeness (QED) is 0.881. The number of nitrogens with one attached hydrogen (secondary N) is 1. The van der Waals surface area contributed by atoms with Gasteiger partial charge in [0.2, 0.25) is 0 Å². The summed E-state index contributed by atoms with van der Waals surface area (Å²) in [6.45, 7) is 1.66. The molecule has 1 aliphatic rings. The molecule has 1 aromatic rings. The number of aliphatic carboxylic acids is 1.